The molecule has 0 saturated heterocycles. The zero-order valence-corrected chi connectivity index (χ0v) is 12.9. The van der Waals surface area contributed by atoms with Crippen LogP contribution in [-0.2, 0) is 6.42 Å². The summed E-state index contributed by atoms with van der Waals surface area (Å²) < 4.78 is 44.5. The minimum Gasteiger partial charge on any atom is -0.481 e. The molecule has 0 N–H and O–H groups in total. The van der Waals surface area contributed by atoms with Crippen molar-refractivity contribution in [1.82, 2.24) is 19.4 Å². The highest BCUT2D eigenvalue weighted by atomic mass is 19.4. The van der Waals surface area contributed by atoms with Crippen LogP contribution in [0.25, 0.3) is 16.7 Å². The quantitative estimate of drug-likeness (QED) is 0.741. The summed E-state index contributed by atoms with van der Waals surface area (Å²) in [6, 6.07) is 3.40. The molecule has 0 aromatic carbocycles. The lowest BCUT2D eigenvalue weighted by Crippen LogP contribution is -2.11. The van der Waals surface area contributed by atoms with Crippen molar-refractivity contribution in [3.05, 3.63) is 29.3 Å². The van der Waals surface area contributed by atoms with Crippen LogP contribution in [0.3, 0.4) is 0 Å². The van der Waals surface area contributed by atoms with Gasteiger partial charge in [-0.1, -0.05) is 0 Å². The van der Waals surface area contributed by atoms with Crippen LogP contribution in [0.5, 0.6) is 5.88 Å². The molecule has 0 spiro atoms. The van der Waals surface area contributed by atoms with E-state index in [0.29, 0.717) is 39.8 Å². The minimum absolute atomic E-state index is 0.212. The van der Waals surface area contributed by atoms with E-state index in [1.54, 1.807) is 30.4 Å². The van der Waals surface area contributed by atoms with Gasteiger partial charge in [0.05, 0.1) is 30.4 Å². The fourth-order valence-electron chi connectivity index (χ4n) is 2.68. The number of pyridine rings is 1. The summed E-state index contributed by atoms with van der Waals surface area (Å²) >= 11 is 0. The van der Waals surface area contributed by atoms with Gasteiger partial charge < -0.3 is 4.74 Å². The van der Waals surface area contributed by atoms with Gasteiger partial charge >= 0.3 is 6.18 Å². The Kier molecular flexibility index (Phi) is 3.62. The maximum Gasteiger partial charge on any atom is 0.389 e. The van der Waals surface area contributed by atoms with E-state index in [9.17, 15) is 13.2 Å². The smallest absolute Gasteiger partial charge is 0.389 e. The fourth-order valence-corrected chi connectivity index (χ4v) is 2.68. The summed E-state index contributed by atoms with van der Waals surface area (Å²) in [7, 11) is 1.48. The lowest BCUT2D eigenvalue weighted by atomic mass is 10.2. The van der Waals surface area contributed by atoms with Crippen molar-refractivity contribution in [1.29, 1.82) is 0 Å². The largest absolute Gasteiger partial charge is 0.481 e. The van der Waals surface area contributed by atoms with Crippen LogP contribution in [0.4, 0.5) is 13.2 Å². The van der Waals surface area contributed by atoms with E-state index in [1.165, 1.54) is 7.11 Å². The first kappa shape index (κ1) is 15.5. The Balaban J connectivity index is 2.28. The van der Waals surface area contributed by atoms with E-state index in [-0.39, 0.29) is 6.42 Å². The van der Waals surface area contributed by atoms with Crippen molar-refractivity contribution in [2.75, 3.05) is 7.11 Å². The monoisotopic (exact) mass is 324 g/mol. The van der Waals surface area contributed by atoms with Gasteiger partial charge in [-0.2, -0.15) is 18.2 Å². The van der Waals surface area contributed by atoms with E-state index in [0.717, 1.165) is 0 Å². The molecule has 5 nitrogen and oxygen atoms in total. The van der Waals surface area contributed by atoms with Gasteiger partial charge in [-0.25, -0.2) is 9.97 Å². The number of halogens is 3. The predicted octanol–water partition coefficient (Wildman–Crippen LogP) is 3.40. The maximum atomic E-state index is 12.6. The number of hydrogen-bond donors (Lipinski definition) is 0. The highest BCUT2D eigenvalue weighted by Gasteiger charge is 2.28. The van der Waals surface area contributed by atoms with Gasteiger partial charge in [0.25, 0.3) is 0 Å². The summed E-state index contributed by atoms with van der Waals surface area (Å²) in [5.74, 6) is 0.698. The molecule has 0 unspecified atom stereocenters. The average Bonchev–Trinajstić information content (AvgIpc) is 2.82. The molecule has 0 amide bonds. The third kappa shape index (κ3) is 2.80. The normalized spacial score (nSPS) is 12.3. The molecule has 0 bridgehead atoms. The molecule has 0 aliphatic carbocycles. The summed E-state index contributed by atoms with van der Waals surface area (Å²) in [6.07, 6.45) is -5.38. The van der Waals surface area contributed by atoms with Crippen molar-refractivity contribution < 1.29 is 17.9 Å². The van der Waals surface area contributed by atoms with Crippen molar-refractivity contribution in [2.45, 2.75) is 32.9 Å². The van der Waals surface area contributed by atoms with E-state index in [2.05, 4.69) is 15.0 Å². The second kappa shape index (κ2) is 5.36. The Hall–Kier alpha value is -2.38. The molecular formula is C15H15F3N4O. The zero-order valence-electron chi connectivity index (χ0n) is 12.9. The molecular weight excluding hydrogens is 309 g/mol. The highest BCUT2D eigenvalue weighted by molar-refractivity contribution is 5.77. The molecule has 8 heteroatoms. The molecule has 0 saturated carbocycles. The van der Waals surface area contributed by atoms with E-state index >= 15 is 0 Å². The van der Waals surface area contributed by atoms with Gasteiger partial charge in [0, 0.05) is 12.5 Å². The summed E-state index contributed by atoms with van der Waals surface area (Å²) in [4.78, 5) is 13.1. The number of fused-ring (bicyclic) bond motifs is 3. The van der Waals surface area contributed by atoms with Crippen LogP contribution in [0.2, 0.25) is 0 Å². The third-order valence-corrected chi connectivity index (χ3v) is 3.63. The molecule has 0 aliphatic rings. The molecule has 3 heterocycles. The zero-order chi connectivity index (χ0) is 16.8. The molecule has 0 fully saturated rings. The van der Waals surface area contributed by atoms with Crippen LogP contribution in [-0.4, -0.2) is 32.6 Å². The van der Waals surface area contributed by atoms with Gasteiger partial charge in [0.1, 0.15) is 11.3 Å². The van der Waals surface area contributed by atoms with Crippen LogP contribution in [0, 0.1) is 13.8 Å². The summed E-state index contributed by atoms with van der Waals surface area (Å²) in [6.45, 7) is 3.56. The lowest BCUT2D eigenvalue weighted by Gasteiger charge is -2.09. The average molecular weight is 324 g/mol. The van der Waals surface area contributed by atoms with E-state index in [4.69, 9.17) is 4.74 Å². The number of hydrogen-bond acceptors (Lipinski definition) is 4. The molecule has 3 aromatic rings. The first-order valence-electron chi connectivity index (χ1n) is 7.06. The second-order valence-corrected chi connectivity index (χ2v) is 5.31. The van der Waals surface area contributed by atoms with Crippen LogP contribution < -0.4 is 4.74 Å². The van der Waals surface area contributed by atoms with Gasteiger partial charge in [-0.05, 0) is 19.9 Å². The second-order valence-electron chi connectivity index (χ2n) is 5.31. The minimum atomic E-state index is -4.23. The lowest BCUT2D eigenvalue weighted by molar-refractivity contribution is -0.134. The number of rotatable bonds is 3. The van der Waals surface area contributed by atoms with Crippen molar-refractivity contribution in [2.24, 2.45) is 0 Å². The molecule has 0 radical (unpaired) electrons. The summed E-state index contributed by atoms with van der Waals surface area (Å²) in [5.41, 5.74) is 3.06. The molecule has 122 valence electrons. The molecule has 0 atom stereocenters. The molecule has 3 rings (SSSR count). The van der Waals surface area contributed by atoms with Crippen LogP contribution in [0.15, 0.2) is 12.1 Å². The van der Waals surface area contributed by atoms with Gasteiger partial charge in [-0.3, -0.25) is 4.40 Å². The van der Waals surface area contributed by atoms with Crippen LogP contribution in [0.1, 0.15) is 23.6 Å². The first-order valence-corrected chi connectivity index (χ1v) is 7.06. The number of aromatic nitrogens is 4. The number of ether oxygens (including phenoxy) is 1. The van der Waals surface area contributed by atoms with Gasteiger partial charge in [0.2, 0.25) is 5.88 Å². The number of alkyl halides is 3. The fraction of sp³-hybridized carbons (Fsp3) is 0.400. The number of methoxy groups -OCH3 is 1. The molecule has 23 heavy (non-hydrogen) atoms. The van der Waals surface area contributed by atoms with Gasteiger partial charge in [-0.15, -0.1) is 0 Å². The predicted molar refractivity (Wildman–Crippen MR) is 78.7 cm³/mol. The Morgan fingerprint density at radius 3 is 2.43 bits per heavy atom. The Bertz CT molecular complexity index is 886. The maximum absolute atomic E-state index is 12.6. The SMILES string of the molecule is COc1ccc2nc(C)c3c(C)nc(CCC(F)(F)F)n3c2n1. The molecule has 3 aromatic heterocycles. The van der Waals surface area contributed by atoms with Crippen LogP contribution >= 0.6 is 0 Å². The first-order chi connectivity index (χ1) is 10.8. The topological polar surface area (TPSA) is 52.3 Å². The van der Waals surface area contributed by atoms with Crippen molar-refractivity contribution in [3.8, 4) is 5.88 Å². The number of aryl methyl sites for hydroxylation is 3. The van der Waals surface area contributed by atoms with E-state index < -0.39 is 12.6 Å². The standard InChI is InChI=1S/C15H15F3N4O/c1-8-13-9(2)20-11(6-7-15(16,17)18)22(13)14-10(19-8)4-5-12(21-14)23-3/h4-5H,6-7H2,1-3H3. The van der Waals surface area contributed by atoms with Gasteiger partial charge in [0.15, 0.2) is 5.65 Å². The van der Waals surface area contributed by atoms with Crippen molar-refractivity contribution >= 4 is 16.7 Å². The highest BCUT2D eigenvalue weighted by Crippen LogP contribution is 2.26. The summed E-state index contributed by atoms with van der Waals surface area (Å²) in [5, 5.41) is 0. The van der Waals surface area contributed by atoms with Crippen molar-refractivity contribution in [3.63, 3.8) is 0 Å². The Morgan fingerprint density at radius 1 is 1.09 bits per heavy atom. The van der Waals surface area contributed by atoms with E-state index in [1.807, 2.05) is 0 Å². The third-order valence-electron chi connectivity index (χ3n) is 3.63. The number of imidazole rings is 1. The molecule has 0 aliphatic heterocycles. The Morgan fingerprint density at radius 2 is 1.78 bits per heavy atom. The Labute approximate surface area is 130 Å². The number of nitrogens with zero attached hydrogens (tertiary/aromatic N) is 4.